The highest BCUT2D eigenvalue weighted by atomic mass is 32.1. The fourth-order valence-corrected chi connectivity index (χ4v) is 4.17. The first-order valence-electron chi connectivity index (χ1n) is 8.40. The van der Waals surface area contributed by atoms with Crippen LogP contribution in [0.25, 0.3) is 21.6 Å². The van der Waals surface area contributed by atoms with Crippen molar-refractivity contribution in [3.05, 3.63) is 29.9 Å². The number of thiophene rings is 1. The second-order valence-corrected chi connectivity index (χ2v) is 7.68. The van der Waals surface area contributed by atoms with Crippen LogP contribution < -0.4 is 4.90 Å². The Kier molecular flexibility index (Phi) is 5.24. The van der Waals surface area contributed by atoms with E-state index in [9.17, 15) is 5.11 Å². The minimum absolute atomic E-state index is 0.0840. The van der Waals surface area contributed by atoms with Crippen LogP contribution >= 0.6 is 11.3 Å². The Balaban J connectivity index is 0.000000613. The molecule has 3 N–H and O–H groups in total. The van der Waals surface area contributed by atoms with Crippen molar-refractivity contribution < 1.29 is 15.0 Å². The summed E-state index contributed by atoms with van der Waals surface area (Å²) in [7, 11) is 0. The topological polar surface area (TPSA) is 102 Å². The van der Waals surface area contributed by atoms with Gasteiger partial charge < -0.3 is 20.1 Å². The molecule has 1 aliphatic rings. The zero-order valence-corrected chi connectivity index (χ0v) is 15.5. The van der Waals surface area contributed by atoms with Gasteiger partial charge in [-0.15, -0.1) is 11.3 Å². The molecule has 1 fully saturated rings. The maximum absolute atomic E-state index is 10.5. The van der Waals surface area contributed by atoms with Gasteiger partial charge in [0.15, 0.2) is 0 Å². The number of aromatic amines is 1. The highest BCUT2D eigenvalue weighted by Crippen LogP contribution is 2.36. The molecule has 1 saturated heterocycles. The number of hydrogen-bond donors (Lipinski definition) is 3. The fourth-order valence-electron chi connectivity index (χ4n) is 3.47. The van der Waals surface area contributed by atoms with Gasteiger partial charge in [0.25, 0.3) is 6.47 Å². The van der Waals surface area contributed by atoms with Crippen LogP contribution in [0.2, 0.25) is 0 Å². The zero-order chi connectivity index (χ0) is 18.7. The van der Waals surface area contributed by atoms with Crippen molar-refractivity contribution in [3.8, 4) is 10.6 Å². The van der Waals surface area contributed by atoms with Gasteiger partial charge in [-0.2, -0.15) is 0 Å². The first kappa shape index (κ1) is 18.3. The minimum atomic E-state index is -0.749. The van der Waals surface area contributed by atoms with E-state index in [2.05, 4.69) is 37.4 Å². The number of carboxylic acid groups (broad SMARTS) is 1. The van der Waals surface area contributed by atoms with Crippen LogP contribution in [-0.2, 0) is 4.79 Å². The summed E-state index contributed by atoms with van der Waals surface area (Å²) in [5.74, 6) is 0.915. The predicted octanol–water partition coefficient (Wildman–Crippen LogP) is 3.13. The van der Waals surface area contributed by atoms with Crippen molar-refractivity contribution >= 4 is 34.7 Å². The lowest BCUT2D eigenvalue weighted by Gasteiger charge is -2.34. The van der Waals surface area contributed by atoms with Gasteiger partial charge >= 0.3 is 0 Å². The fraction of sp³-hybridized carbons (Fsp3) is 0.389. The lowest BCUT2D eigenvalue weighted by Crippen LogP contribution is -2.46. The van der Waals surface area contributed by atoms with Crippen LogP contribution in [0.3, 0.4) is 0 Å². The van der Waals surface area contributed by atoms with Gasteiger partial charge in [0.1, 0.15) is 17.8 Å². The zero-order valence-electron chi connectivity index (χ0n) is 14.7. The molecule has 3 aromatic heterocycles. The second kappa shape index (κ2) is 7.43. The number of aliphatic hydroxyl groups is 1. The van der Waals surface area contributed by atoms with Gasteiger partial charge in [0.05, 0.1) is 27.6 Å². The molecule has 4 rings (SSSR count). The highest BCUT2D eigenvalue weighted by molar-refractivity contribution is 7.13. The largest absolute Gasteiger partial charge is 0.483 e. The molecule has 0 saturated carbocycles. The van der Waals surface area contributed by atoms with E-state index < -0.39 is 5.60 Å². The maximum Gasteiger partial charge on any atom is 0.290 e. The molecule has 8 heteroatoms. The Hall–Kier alpha value is -2.45. The highest BCUT2D eigenvalue weighted by Gasteiger charge is 2.37. The molecule has 26 heavy (non-hydrogen) atoms. The molecule has 0 aliphatic carbocycles. The molecule has 0 aromatic carbocycles. The van der Waals surface area contributed by atoms with E-state index in [1.807, 2.05) is 19.9 Å². The average molecular weight is 374 g/mol. The molecule has 0 amide bonds. The monoisotopic (exact) mass is 374 g/mol. The summed E-state index contributed by atoms with van der Waals surface area (Å²) in [4.78, 5) is 24.1. The van der Waals surface area contributed by atoms with Gasteiger partial charge in [0, 0.05) is 6.54 Å². The van der Waals surface area contributed by atoms with E-state index >= 15 is 0 Å². The second-order valence-electron chi connectivity index (χ2n) is 6.73. The quantitative estimate of drug-likeness (QED) is 0.609. The lowest BCUT2D eigenvalue weighted by atomic mass is 9.96. The summed E-state index contributed by atoms with van der Waals surface area (Å²) in [6, 6.07) is 6.34. The SMILES string of the molecule is CC(C)(O)[C@H]1CCCN1c1ncnc2[nH]c(-c3cccs3)cc12.O=CO. The Morgan fingerprint density at radius 2 is 2.19 bits per heavy atom. The van der Waals surface area contributed by atoms with Gasteiger partial charge in [-0.3, -0.25) is 4.79 Å². The number of anilines is 1. The number of H-pyrrole nitrogens is 1. The summed E-state index contributed by atoms with van der Waals surface area (Å²) < 4.78 is 0. The Morgan fingerprint density at radius 1 is 1.42 bits per heavy atom. The minimum Gasteiger partial charge on any atom is -0.483 e. The van der Waals surface area contributed by atoms with Crippen LogP contribution in [0.15, 0.2) is 29.9 Å². The molecule has 1 atom stereocenters. The molecule has 3 aromatic rings. The number of nitrogens with zero attached hydrogens (tertiary/aromatic N) is 3. The molecular formula is C18H22N4O3S. The number of fused-ring (bicyclic) bond motifs is 1. The molecule has 138 valence electrons. The van der Waals surface area contributed by atoms with Crippen LogP contribution in [0.5, 0.6) is 0 Å². The number of hydrogen-bond acceptors (Lipinski definition) is 6. The molecule has 0 unspecified atom stereocenters. The van der Waals surface area contributed by atoms with E-state index in [0.717, 1.165) is 41.9 Å². The standard InChI is InChI=1S/C17H20N4OS.CH2O2/c1-17(2,22)14-6-3-7-21(14)16-11-9-12(13-5-4-8-23-13)20-15(11)18-10-19-16;2-1-3/h4-5,8-10,14,22H,3,6-7H2,1-2H3,(H,18,19,20);1H,(H,2,3)/t14-;/m1./s1. The Labute approximate surface area is 155 Å². The molecule has 0 spiro atoms. The van der Waals surface area contributed by atoms with Crippen molar-refractivity contribution in [2.45, 2.75) is 38.3 Å². The molecule has 4 heterocycles. The third-order valence-corrected chi connectivity index (χ3v) is 5.43. The van der Waals surface area contributed by atoms with Crippen LogP contribution in [0.1, 0.15) is 26.7 Å². The van der Waals surface area contributed by atoms with Gasteiger partial charge in [0.2, 0.25) is 0 Å². The number of rotatable bonds is 3. The third-order valence-electron chi connectivity index (χ3n) is 4.53. The molecule has 0 radical (unpaired) electrons. The van der Waals surface area contributed by atoms with Crippen molar-refractivity contribution in [1.29, 1.82) is 0 Å². The van der Waals surface area contributed by atoms with Crippen molar-refractivity contribution in [2.24, 2.45) is 0 Å². The number of carbonyl (C=O) groups is 1. The molecule has 1 aliphatic heterocycles. The molecule has 0 bridgehead atoms. The third kappa shape index (κ3) is 3.56. The van der Waals surface area contributed by atoms with Crippen molar-refractivity contribution in [3.63, 3.8) is 0 Å². The summed E-state index contributed by atoms with van der Waals surface area (Å²) in [6.45, 7) is 4.42. The van der Waals surface area contributed by atoms with Gasteiger partial charge in [-0.1, -0.05) is 6.07 Å². The predicted molar refractivity (Wildman–Crippen MR) is 103 cm³/mol. The molecular weight excluding hydrogens is 352 g/mol. The first-order chi connectivity index (χ1) is 12.5. The maximum atomic E-state index is 10.5. The summed E-state index contributed by atoms with van der Waals surface area (Å²) in [5.41, 5.74) is 1.16. The summed E-state index contributed by atoms with van der Waals surface area (Å²) >= 11 is 1.70. The molecule has 7 nitrogen and oxygen atoms in total. The summed E-state index contributed by atoms with van der Waals surface area (Å²) in [6.07, 6.45) is 3.66. The van der Waals surface area contributed by atoms with Crippen molar-refractivity contribution in [2.75, 3.05) is 11.4 Å². The van der Waals surface area contributed by atoms with Gasteiger partial charge in [-0.05, 0) is 44.2 Å². The van der Waals surface area contributed by atoms with E-state index in [1.54, 1.807) is 17.7 Å². The number of nitrogens with one attached hydrogen (secondary N) is 1. The van der Waals surface area contributed by atoms with E-state index in [4.69, 9.17) is 9.90 Å². The van der Waals surface area contributed by atoms with E-state index in [0.29, 0.717) is 0 Å². The average Bonchev–Trinajstić information content (AvgIpc) is 3.32. The lowest BCUT2D eigenvalue weighted by molar-refractivity contribution is -0.122. The first-order valence-corrected chi connectivity index (χ1v) is 9.28. The smallest absolute Gasteiger partial charge is 0.290 e. The Bertz CT molecular complexity index is 870. The van der Waals surface area contributed by atoms with Crippen LogP contribution in [0.4, 0.5) is 5.82 Å². The summed E-state index contributed by atoms with van der Waals surface area (Å²) in [5, 5.41) is 20.5. The Morgan fingerprint density at radius 3 is 2.85 bits per heavy atom. The number of aromatic nitrogens is 3. The normalized spacial score (nSPS) is 17.2. The van der Waals surface area contributed by atoms with Gasteiger partial charge in [-0.25, -0.2) is 9.97 Å². The van der Waals surface area contributed by atoms with Crippen LogP contribution in [-0.4, -0.2) is 49.8 Å². The van der Waals surface area contributed by atoms with Crippen molar-refractivity contribution in [1.82, 2.24) is 15.0 Å². The van der Waals surface area contributed by atoms with E-state index in [-0.39, 0.29) is 12.5 Å². The van der Waals surface area contributed by atoms with Crippen LogP contribution in [0, 0.1) is 0 Å². The van der Waals surface area contributed by atoms with E-state index in [1.165, 1.54) is 4.88 Å².